The van der Waals surface area contributed by atoms with Gasteiger partial charge in [0.1, 0.15) is 0 Å². The highest BCUT2D eigenvalue weighted by Gasteiger charge is 2.23. The van der Waals surface area contributed by atoms with E-state index in [1.54, 1.807) is 6.92 Å². The first-order valence-corrected chi connectivity index (χ1v) is 6.13. The van der Waals surface area contributed by atoms with E-state index in [1.165, 1.54) is 24.9 Å². The van der Waals surface area contributed by atoms with Crippen LogP contribution in [-0.4, -0.2) is 22.7 Å². The molecule has 0 aromatic carbocycles. The average molecular weight is 220 g/mol. The van der Waals surface area contributed by atoms with E-state index in [9.17, 15) is 5.11 Å². The van der Waals surface area contributed by atoms with Crippen molar-refractivity contribution < 1.29 is 5.11 Å². The molecule has 2 rings (SSSR count). The van der Waals surface area contributed by atoms with E-state index in [-0.39, 0.29) is 0 Å². The summed E-state index contributed by atoms with van der Waals surface area (Å²) in [6, 6.07) is 4.66. The molecule has 0 bridgehead atoms. The van der Waals surface area contributed by atoms with Crippen LogP contribution in [0.2, 0.25) is 0 Å². The molecule has 0 radical (unpaired) electrons. The van der Waals surface area contributed by atoms with Gasteiger partial charge >= 0.3 is 0 Å². The van der Waals surface area contributed by atoms with Gasteiger partial charge in [0, 0.05) is 12.6 Å². The maximum absolute atomic E-state index is 9.40. The molecule has 0 saturated carbocycles. The normalized spacial score (nSPS) is 22.4. The fourth-order valence-electron chi connectivity index (χ4n) is 2.41. The average Bonchev–Trinajstić information content (AvgIpc) is 2.77. The molecular formula is C13H20N2O. The summed E-state index contributed by atoms with van der Waals surface area (Å²) in [6.07, 6.45) is 5.16. The molecule has 0 aliphatic carbocycles. The number of aromatic nitrogens is 1. The van der Waals surface area contributed by atoms with Crippen molar-refractivity contribution in [3.8, 4) is 0 Å². The van der Waals surface area contributed by atoms with E-state index in [0.29, 0.717) is 6.04 Å². The van der Waals surface area contributed by atoms with Crippen molar-refractivity contribution in [1.82, 2.24) is 4.98 Å². The Morgan fingerprint density at radius 1 is 1.56 bits per heavy atom. The first-order chi connectivity index (χ1) is 7.72. The molecule has 1 aliphatic rings. The summed E-state index contributed by atoms with van der Waals surface area (Å²) < 4.78 is 0. The minimum Gasteiger partial charge on any atom is -0.387 e. The van der Waals surface area contributed by atoms with Crippen LogP contribution in [0.4, 0.5) is 5.69 Å². The lowest BCUT2D eigenvalue weighted by Crippen LogP contribution is -2.28. The van der Waals surface area contributed by atoms with E-state index >= 15 is 0 Å². The van der Waals surface area contributed by atoms with Crippen molar-refractivity contribution in [2.24, 2.45) is 0 Å². The number of nitrogens with zero attached hydrogens (tertiary/aromatic N) is 2. The van der Waals surface area contributed by atoms with Gasteiger partial charge in [-0.05, 0) is 38.3 Å². The van der Waals surface area contributed by atoms with E-state index in [0.717, 1.165) is 12.2 Å². The highest BCUT2D eigenvalue weighted by Crippen LogP contribution is 2.27. The number of aliphatic hydroxyl groups excluding tert-OH is 1. The first-order valence-electron chi connectivity index (χ1n) is 6.13. The van der Waals surface area contributed by atoms with Gasteiger partial charge in [-0.1, -0.05) is 6.92 Å². The standard InChI is InChI=1S/C13H20N2O/c1-3-11-5-4-8-15(11)12-6-7-13(10(2)16)14-9-12/h6-7,9-11,16H,3-5,8H2,1-2H3. The summed E-state index contributed by atoms with van der Waals surface area (Å²) in [4.78, 5) is 6.73. The fourth-order valence-corrected chi connectivity index (χ4v) is 2.41. The van der Waals surface area contributed by atoms with Gasteiger partial charge in [-0.3, -0.25) is 4.98 Å². The second kappa shape index (κ2) is 4.83. The van der Waals surface area contributed by atoms with Crippen LogP contribution in [0.25, 0.3) is 0 Å². The Bertz CT molecular complexity index is 334. The predicted octanol–water partition coefficient (Wildman–Crippen LogP) is 2.51. The Balaban J connectivity index is 2.15. The van der Waals surface area contributed by atoms with Crippen molar-refractivity contribution in [3.05, 3.63) is 24.0 Å². The zero-order valence-corrected chi connectivity index (χ0v) is 10.1. The molecular weight excluding hydrogens is 200 g/mol. The lowest BCUT2D eigenvalue weighted by molar-refractivity contribution is 0.194. The van der Waals surface area contributed by atoms with E-state index in [1.807, 2.05) is 12.3 Å². The number of hydrogen-bond acceptors (Lipinski definition) is 3. The lowest BCUT2D eigenvalue weighted by atomic mass is 10.1. The summed E-state index contributed by atoms with van der Waals surface area (Å²) in [6.45, 7) is 5.11. The van der Waals surface area contributed by atoms with Crippen molar-refractivity contribution in [3.63, 3.8) is 0 Å². The molecule has 2 heterocycles. The highest BCUT2D eigenvalue weighted by atomic mass is 16.3. The number of rotatable bonds is 3. The fraction of sp³-hybridized carbons (Fsp3) is 0.615. The minimum atomic E-state index is -0.477. The van der Waals surface area contributed by atoms with Gasteiger partial charge in [-0.25, -0.2) is 0 Å². The minimum absolute atomic E-state index is 0.477. The Kier molecular flexibility index (Phi) is 3.44. The molecule has 1 fully saturated rings. The molecule has 2 unspecified atom stereocenters. The molecule has 0 amide bonds. The van der Waals surface area contributed by atoms with Gasteiger partial charge < -0.3 is 10.0 Å². The Labute approximate surface area is 97.1 Å². The maximum Gasteiger partial charge on any atom is 0.0931 e. The molecule has 16 heavy (non-hydrogen) atoms. The van der Waals surface area contributed by atoms with Crippen LogP contribution in [0.3, 0.4) is 0 Å². The Morgan fingerprint density at radius 3 is 2.94 bits per heavy atom. The number of anilines is 1. The van der Waals surface area contributed by atoms with Gasteiger partial charge in [0.05, 0.1) is 23.7 Å². The van der Waals surface area contributed by atoms with Gasteiger partial charge in [0.2, 0.25) is 0 Å². The SMILES string of the molecule is CCC1CCCN1c1ccc(C(C)O)nc1. The third kappa shape index (κ3) is 2.19. The monoisotopic (exact) mass is 220 g/mol. The maximum atomic E-state index is 9.40. The Hall–Kier alpha value is -1.09. The molecule has 1 aromatic rings. The second-order valence-electron chi connectivity index (χ2n) is 4.51. The van der Waals surface area contributed by atoms with Crippen LogP contribution in [0.5, 0.6) is 0 Å². The molecule has 1 aromatic heterocycles. The third-order valence-corrected chi connectivity index (χ3v) is 3.38. The van der Waals surface area contributed by atoms with Gasteiger partial charge in [-0.15, -0.1) is 0 Å². The molecule has 3 heteroatoms. The summed E-state index contributed by atoms with van der Waals surface area (Å²) in [5.41, 5.74) is 1.93. The summed E-state index contributed by atoms with van der Waals surface area (Å²) in [7, 11) is 0. The van der Waals surface area contributed by atoms with Crippen molar-refractivity contribution in [1.29, 1.82) is 0 Å². The molecule has 0 spiro atoms. The quantitative estimate of drug-likeness (QED) is 0.850. The van der Waals surface area contributed by atoms with Crippen LogP contribution in [0.1, 0.15) is 44.9 Å². The van der Waals surface area contributed by atoms with Crippen LogP contribution in [0, 0.1) is 0 Å². The molecule has 3 nitrogen and oxygen atoms in total. The van der Waals surface area contributed by atoms with Gasteiger partial charge in [0.15, 0.2) is 0 Å². The van der Waals surface area contributed by atoms with E-state index < -0.39 is 6.10 Å². The van der Waals surface area contributed by atoms with E-state index in [4.69, 9.17) is 0 Å². The topological polar surface area (TPSA) is 36.4 Å². The number of aliphatic hydroxyl groups is 1. The molecule has 1 aliphatic heterocycles. The number of pyridine rings is 1. The largest absolute Gasteiger partial charge is 0.387 e. The van der Waals surface area contributed by atoms with Crippen LogP contribution in [-0.2, 0) is 0 Å². The van der Waals surface area contributed by atoms with Gasteiger partial charge in [0.25, 0.3) is 0 Å². The second-order valence-corrected chi connectivity index (χ2v) is 4.51. The highest BCUT2D eigenvalue weighted by molar-refractivity contribution is 5.46. The first kappa shape index (κ1) is 11.4. The van der Waals surface area contributed by atoms with Crippen LogP contribution < -0.4 is 4.90 Å². The summed E-state index contributed by atoms with van der Waals surface area (Å²) in [5, 5.41) is 9.40. The van der Waals surface area contributed by atoms with Crippen LogP contribution in [0.15, 0.2) is 18.3 Å². The third-order valence-electron chi connectivity index (χ3n) is 3.38. The zero-order chi connectivity index (χ0) is 11.5. The Morgan fingerprint density at radius 2 is 2.38 bits per heavy atom. The summed E-state index contributed by atoms with van der Waals surface area (Å²) >= 11 is 0. The lowest BCUT2D eigenvalue weighted by Gasteiger charge is -2.25. The molecule has 2 atom stereocenters. The molecule has 1 N–H and O–H groups in total. The summed E-state index contributed by atoms with van der Waals surface area (Å²) in [5.74, 6) is 0. The van der Waals surface area contributed by atoms with Crippen molar-refractivity contribution >= 4 is 5.69 Å². The van der Waals surface area contributed by atoms with Crippen LogP contribution >= 0.6 is 0 Å². The predicted molar refractivity (Wildman–Crippen MR) is 65.5 cm³/mol. The number of hydrogen-bond donors (Lipinski definition) is 1. The smallest absolute Gasteiger partial charge is 0.0931 e. The molecule has 88 valence electrons. The molecule has 1 saturated heterocycles. The zero-order valence-electron chi connectivity index (χ0n) is 10.1. The van der Waals surface area contributed by atoms with Gasteiger partial charge in [-0.2, -0.15) is 0 Å². The van der Waals surface area contributed by atoms with Crippen molar-refractivity contribution in [2.45, 2.75) is 45.3 Å². The van der Waals surface area contributed by atoms with E-state index in [2.05, 4.69) is 22.9 Å². The van der Waals surface area contributed by atoms with Crippen molar-refractivity contribution in [2.75, 3.05) is 11.4 Å².